The molecule has 0 heterocycles. The molecule has 1 rings (SSSR count). The highest BCUT2D eigenvalue weighted by molar-refractivity contribution is 5.71. The van der Waals surface area contributed by atoms with Gasteiger partial charge in [0.2, 0.25) is 0 Å². The van der Waals surface area contributed by atoms with Crippen LogP contribution >= 0.6 is 0 Å². The van der Waals surface area contributed by atoms with Gasteiger partial charge in [0.15, 0.2) is 0 Å². The Morgan fingerprint density at radius 2 is 2.07 bits per heavy atom. The van der Waals surface area contributed by atoms with Crippen molar-refractivity contribution < 1.29 is 9.90 Å². The molecule has 0 spiro atoms. The molecule has 0 aliphatic carbocycles. The van der Waals surface area contributed by atoms with E-state index in [1.54, 1.807) is 0 Å². The number of carboxylic acid groups (broad SMARTS) is 1. The minimum atomic E-state index is -0.786. The van der Waals surface area contributed by atoms with Gasteiger partial charge in [-0.2, -0.15) is 0 Å². The van der Waals surface area contributed by atoms with E-state index in [4.69, 9.17) is 5.11 Å². The minimum Gasteiger partial charge on any atom is -0.481 e. The van der Waals surface area contributed by atoms with E-state index in [2.05, 4.69) is 0 Å². The molecule has 1 aromatic rings. The second-order valence-electron chi connectivity index (χ2n) is 3.58. The summed E-state index contributed by atoms with van der Waals surface area (Å²) in [6, 6.07) is 5.81. The van der Waals surface area contributed by atoms with Gasteiger partial charge < -0.3 is 10.0 Å². The molecule has 0 radical (unpaired) electrons. The summed E-state index contributed by atoms with van der Waals surface area (Å²) in [6.45, 7) is 1.94. The molecule has 1 N–H and O–H groups in total. The molecule has 1 aromatic carbocycles. The first-order valence-corrected chi connectivity index (χ1v) is 4.49. The summed E-state index contributed by atoms with van der Waals surface area (Å²) in [4.78, 5) is 12.5. The van der Waals surface area contributed by atoms with Crippen molar-refractivity contribution in [1.82, 2.24) is 0 Å². The molecule has 0 saturated carbocycles. The number of rotatable bonds is 3. The number of aryl methyl sites for hydroxylation is 1. The van der Waals surface area contributed by atoms with E-state index in [1.807, 2.05) is 44.1 Å². The van der Waals surface area contributed by atoms with Crippen LogP contribution < -0.4 is 4.90 Å². The lowest BCUT2D eigenvalue weighted by Gasteiger charge is -2.14. The summed E-state index contributed by atoms with van der Waals surface area (Å²) in [7, 11) is 3.93. The van der Waals surface area contributed by atoms with Crippen LogP contribution in [0.15, 0.2) is 18.2 Å². The standard InChI is InChI=1S/C11H15NO2/c1-8-6-10(12(2)3)5-4-9(8)7-11(13)14/h4-6H,7H2,1-3H3,(H,13,14). The molecule has 3 nitrogen and oxygen atoms in total. The second-order valence-corrected chi connectivity index (χ2v) is 3.58. The van der Waals surface area contributed by atoms with Gasteiger partial charge in [0.1, 0.15) is 0 Å². The van der Waals surface area contributed by atoms with Crippen LogP contribution in [0.5, 0.6) is 0 Å². The lowest BCUT2D eigenvalue weighted by molar-refractivity contribution is -0.136. The molecule has 0 aliphatic rings. The maximum absolute atomic E-state index is 10.5. The molecule has 0 aliphatic heterocycles. The zero-order valence-corrected chi connectivity index (χ0v) is 8.74. The molecule has 0 bridgehead atoms. The number of hydrogen-bond donors (Lipinski definition) is 1. The molecule has 0 aromatic heterocycles. The van der Waals surface area contributed by atoms with E-state index in [-0.39, 0.29) is 6.42 Å². The highest BCUT2D eigenvalue weighted by Gasteiger charge is 2.05. The molecule has 0 atom stereocenters. The fourth-order valence-electron chi connectivity index (χ4n) is 1.32. The number of benzene rings is 1. The summed E-state index contributed by atoms with van der Waals surface area (Å²) < 4.78 is 0. The molecule has 0 amide bonds. The molecular formula is C11H15NO2. The highest BCUT2D eigenvalue weighted by Crippen LogP contribution is 2.17. The number of carbonyl (C=O) groups is 1. The van der Waals surface area contributed by atoms with Gasteiger partial charge >= 0.3 is 5.97 Å². The van der Waals surface area contributed by atoms with Gasteiger partial charge in [-0.1, -0.05) is 6.07 Å². The third-order valence-electron chi connectivity index (χ3n) is 2.18. The van der Waals surface area contributed by atoms with Crippen LogP contribution in [0.1, 0.15) is 11.1 Å². The summed E-state index contributed by atoms with van der Waals surface area (Å²) in [5, 5.41) is 8.66. The highest BCUT2D eigenvalue weighted by atomic mass is 16.4. The topological polar surface area (TPSA) is 40.5 Å². The van der Waals surface area contributed by atoms with Crippen molar-refractivity contribution in [1.29, 1.82) is 0 Å². The van der Waals surface area contributed by atoms with Crippen LogP contribution in [0.25, 0.3) is 0 Å². The SMILES string of the molecule is Cc1cc(N(C)C)ccc1CC(=O)O. The molecule has 3 heteroatoms. The number of nitrogens with zero attached hydrogens (tertiary/aromatic N) is 1. The Hall–Kier alpha value is -1.51. The van der Waals surface area contributed by atoms with Crippen LogP contribution in [0.3, 0.4) is 0 Å². The average Bonchev–Trinajstić information content (AvgIpc) is 2.07. The summed E-state index contributed by atoms with van der Waals surface area (Å²) in [6.07, 6.45) is 0.0968. The van der Waals surface area contributed by atoms with E-state index < -0.39 is 5.97 Å². The van der Waals surface area contributed by atoms with Gasteiger partial charge in [-0.15, -0.1) is 0 Å². The number of hydrogen-bond acceptors (Lipinski definition) is 2. The second kappa shape index (κ2) is 4.13. The van der Waals surface area contributed by atoms with Crippen molar-refractivity contribution >= 4 is 11.7 Å². The predicted molar refractivity (Wildman–Crippen MR) is 56.8 cm³/mol. The monoisotopic (exact) mass is 193 g/mol. The largest absolute Gasteiger partial charge is 0.481 e. The quantitative estimate of drug-likeness (QED) is 0.794. The summed E-state index contributed by atoms with van der Waals surface area (Å²) in [5.74, 6) is -0.786. The van der Waals surface area contributed by atoms with Crippen molar-refractivity contribution in [2.75, 3.05) is 19.0 Å². The van der Waals surface area contributed by atoms with Crippen molar-refractivity contribution in [2.45, 2.75) is 13.3 Å². The van der Waals surface area contributed by atoms with Gasteiger partial charge in [-0.25, -0.2) is 0 Å². The van der Waals surface area contributed by atoms with Crippen LogP contribution in [0, 0.1) is 6.92 Å². The van der Waals surface area contributed by atoms with E-state index in [1.165, 1.54) is 0 Å². The summed E-state index contributed by atoms with van der Waals surface area (Å²) >= 11 is 0. The van der Waals surface area contributed by atoms with Crippen molar-refractivity contribution in [3.05, 3.63) is 29.3 Å². The Kier molecular flexibility index (Phi) is 3.12. The maximum Gasteiger partial charge on any atom is 0.307 e. The van der Waals surface area contributed by atoms with Crippen LogP contribution in [-0.2, 0) is 11.2 Å². The molecular weight excluding hydrogens is 178 g/mol. The van der Waals surface area contributed by atoms with E-state index in [0.717, 1.165) is 16.8 Å². The Bertz CT molecular complexity index is 345. The molecule has 0 saturated heterocycles. The fraction of sp³-hybridized carbons (Fsp3) is 0.364. The molecule has 0 fully saturated rings. The third-order valence-corrected chi connectivity index (χ3v) is 2.18. The first-order chi connectivity index (χ1) is 6.50. The van der Waals surface area contributed by atoms with Gasteiger partial charge in [-0.3, -0.25) is 4.79 Å². The Morgan fingerprint density at radius 3 is 2.50 bits per heavy atom. The Labute approximate surface area is 84.0 Å². The Balaban J connectivity index is 2.95. The van der Waals surface area contributed by atoms with Gasteiger partial charge in [-0.05, 0) is 30.2 Å². The normalized spacial score (nSPS) is 9.93. The third kappa shape index (κ3) is 2.49. The van der Waals surface area contributed by atoms with Gasteiger partial charge in [0.05, 0.1) is 6.42 Å². The first-order valence-electron chi connectivity index (χ1n) is 4.49. The number of carboxylic acids is 1. The lowest BCUT2D eigenvalue weighted by atomic mass is 10.0. The van der Waals surface area contributed by atoms with Crippen LogP contribution in [0.4, 0.5) is 5.69 Å². The zero-order valence-electron chi connectivity index (χ0n) is 8.74. The van der Waals surface area contributed by atoms with E-state index in [0.29, 0.717) is 0 Å². The molecule has 76 valence electrons. The van der Waals surface area contributed by atoms with E-state index in [9.17, 15) is 4.79 Å². The van der Waals surface area contributed by atoms with Gasteiger partial charge in [0.25, 0.3) is 0 Å². The molecule has 0 unspecified atom stereocenters. The van der Waals surface area contributed by atoms with Crippen LogP contribution in [0.2, 0.25) is 0 Å². The lowest BCUT2D eigenvalue weighted by Crippen LogP contribution is -2.09. The zero-order chi connectivity index (χ0) is 10.7. The predicted octanol–water partition coefficient (Wildman–Crippen LogP) is 1.69. The average molecular weight is 193 g/mol. The van der Waals surface area contributed by atoms with Crippen LogP contribution in [-0.4, -0.2) is 25.2 Å². The van der Waals surface area contributed by atoms with Crippen molar-refractivity contribution in [2.24, 2.45) is 0 Å². The van der Waals surface area contributed by atoms with Crippen molar-refractivity contribution in [3.63, 3.8) is 0 Å². The first kappa shape index (κ1) is 10.6. The fourth-order valence-corrected chi connectivity index (χ4v) is 1.32. The number of aliphatic carboxylic acids is 1. The Morgan fingerprint density at radius 1 is 1.43 bits per heavy atom. The van der Waals surface area contributed by atoms with Crippen molar-refractivity contribution in [3.8, 4) is 0 Å². The summed E-state index contributed by atoms with van der Waals surface area (Å²) in [5.41, 5.74) is 3.00. The maximum atomic E-state index is 10.5. The number of anilines is 1. The van der Waals surface area contributed by atoms with E-state index >= 15 is 0 Å². The smallest absolute Gasteiger partial charge is 0.307 e. The molecule has 14 heavy (non-hydrogen) atoms. The van der Waals surface area contributed by atoms with Gasteiger partial charge in [0, 0.05) is 19.8 Å². The minimum absolute atomic E-state index is 0.0968.